The molecule has 0 aromatic carbocycles. The molecule has 9 heteroatoms. The Morgan fingerprint density at radius 1 is 1.22 bits per heavy atom. The van der Waals surface area contributed by atoms with Gasteiger partial charge < -0.3 is 0 Å². The molecule has 0 bridgehead atoms. The molecule has 1 fully saturated rings. The number of hydrogen-bond donors (Lipinski definition) is 2. The van der Waals surface area contributed by atoms with Gasteiger partial charge in [0.05, 0.1) is 18.1 Å². The molecule has 2 N–H and O–H groups in total. The Labute approximate surface area is 130 Å². The number of H-pyrrole nitrogens is 1. The van der Waals surface area contributed by atoms with Gasteiger partial charge in [-0.25, -0.2) is 9.37 Å². The fourth-order valence-corrected chi connectivity index (χ4v) is 2.18. The zero-order valence-corrected chi connectivity index (χ0v) is 12.3. The highest BCUT2D eigenvalue weighted by molar-refractivity contribution is 5.59. The molecule has 1 aliphatic rings. The van der Waals surface area contributed by atoms with E-state index in [0.29, 0.717) is 17.2 Å². The van der Waals surface area contributed by atoms with Crippen LogP contribution in [0.1, 0.15) is 25.6 Å². The van der Waals surface area contributed by atoms with Crippen molar-refractivity contribution in [2.45, 2.75) is 25.2 Å². The van der Waals surface area contributed by atoms with Crippen LogP contribution < -0.4 is 5.32 Å². The normalized spacial score (nSPS) is 15.4. The fraction of sp³-hybridized carbons (Fsp3) is 0.286. The molecule has 1 saturated carbocycles. The molecular weight excluding hydrogens is 299 g/mol. The van der Waals surface area contributed by atoms with E-state index in [2.05, 4.69) is 47.6 Å². The molecule has 0 spiro atoms. The molecule has 23 heavy (non-hydrogen) atoms. The van der Waals surface area contributed by atoms with Gasteiger partial charge in [-0.1, -0.05) is 6.92 Å². The summed E-state index contributed by atoms with van der Waals surface area (Å²) in [5, 5.41) is 17.6. The second-order valence-corrected chi connectivity index (χ2v) is 5.71. The summed E-state index contributed by atoms with van der Waals surface area (Å²) in [5.74, 6) is 0.928. The number of aromatic nitrogens is 7. The SMILES string of the molecule is CC1(c2nc(Nc3nncc(-c4ccncc4F)n3)n[nH]2)CC1. The second-order valence-electron chi connectivity index (χ2n) is 5.71. The molecule has 4 rings (SSSR count). The minimum atomic E-state index is -0.471. The number of nitrogens with zero attached hydrogens (tertiary/aromatic N) is 6. The van der Waals surface area contributed by atoms with Crippen molar-refractivity contribution in [1.82, 2.24) is 35.3 Å². The summed E-state index contributed by atoms with van der Waals surface area (Å²) in [6.07, 6.45) is 6.19. The minimum Gasteiger partial charge on any atom is -0.290 e. The maximum Gasteiger partial charge on any atom is 0.250 e. The predicted octanol–water partition coefficient (Wildman–Crippen LogP) is 1.99. The number of aromatic amines is 1. The molecule has 0 unspecified atom stereocenters. The average molecular weight is 312 g/mol. The van der Waals surface area contributed by atoms with Crippen LogP contribution in [0.25, 0.3) is 11.3 Å². The first kappa shape index (κ1) is 13.7. The zero-order chi connectivity index (χ0) is 15.9. The largest absolute Gasteiger partial charge is 0.290 e. The van der Waals surface area contributed by atoms with Crippen LogP contribution in [0, 0.1) is 5.82 Å². The van der Waals surface area contributed by atoms with Crippen molar-refractivity contribution >= 4 is 11.9 Å². The lowest BCUT2D eigenvalue weighted by atomic mass is 10.1. The summed E-state index contributed by atoms with van der Waals surface area (Å²) < 4.78 is 13.8. The molecule has 8 nitrogen and oxygen atoms in total. The van der Waals surface area contributed by atoms with Gasteiger partial charge in [0.25, 0.3) is 0 Å². The van der Waals surface area contributed by atoms with Crippen molar-refractivity contribution in [2.75, 3.05) is 5.32 Å². The molecule has 0 amide bonds. The van der Waals surface area contributed by atoms with Crippen molar-refractivity contribution < 1.29 is 4.39 Å². The van der Waals surface area contributed by atoms with Gasteiger partial charge in [-0.3, -0.25) is 15.4 Å². The topological polar surface area (TPSA) is 105 Å². The highest BCUT2D eigenvalue weighted by Gasteiger charge is 2.42. The lowest BCUT2D eigenvalue weighted by Gasteiger charge is -2.03. The van der Waals surface area contributed by atoms with Crippen molar-refractivity contribution in [3.05, 3.63) is 36.3 Å². The summed E-state index contributed by atoms with van der Waals surface area (Å²) in [7, 11) is 0. The van der Waals surface area contributed by atoms with Crippen LogP contribution in [0.4, 0.5) is 16.3 Å². The van der Waals surface area contributed by atoms with Crippen LogP contribution in [-0.2, 0) is 5.41 Å². The van der Waals surface area contributed by atoms with Gasteiger partial charge in [-0.15, -0.1) is 10.2 Å². The van der Waals surface area contributed by atoms with Gasteiger partial charge in [0.2, 0.25) is 11.9 Å². The first-order valence-corrected chi connectivity index (χ1v) is 7.14. The van der Waals surface area contributed by atoms with Gasteiger partial charge in [0.15, 0.2) is 5.82 Å². The van der Waals surface area contributed by atoms with Crippen LogP contribution in [-0.4, -0.2) is 35.3 Å². The van der Waals surface area contributed by atoms with E-state index in [1.54, 1.807) is 0 Å². The summed E-state index contributed by atoms with van der Waals surface area (Å²) in [6.45, 7) is 2.13. The Kier molecular flexibility index (Phi) is 3.00. The highest BCUT2D eigenvalue weighted by atomic mass is 19.1. The van der Waals surface area contributed by atoms with E-state index in [0.717, 1.165) is 24.9 Å². The summed E-state index contributed by atoms with van der Waals surface area (Å²) >= 11 is 0. The van der Waals surface area contributed by atoms with Crippen LogP contribution in [0.15, 0.2) is 24.7 Å². The average Bonchev–Trinajstić information content (AvgIpc) is 3.13. The maximum atomic E-state index is 13.8. The second kappa shape index (κ2) is 5.04. The third-order valence-electron chi connectivity index (χ3n) is 3.89. The van der Waals surface area contributed by atoms with E-state index in [1.165, 1.54) is 18.5 Å². The van der Waals surface area contributed by atoms with Crippen molar-refractivity contribution in [3.8, 4) is 11.3 Å². The molecule has 3 aromatic heterocycles. The van der Waals surface area contributed by atoms with Crippen LogP contribution in [0.3, 0.4) is 0 Å². The number of nitrogens with one attached hydrogen (secondary N) is 2. The fourth-order valence-electron chi connectivity index (χ4n) is 2.18. The van der Waals surface area contributed by atoms with E-state index < -0.39 is 5.82 Å². The quantitative estimate of drug-likeness (QED) is 0.759. The Hall–Kier alpha value is -2.97. The number of hydrogen-bond acceptors (Lipinski definition) is 7. The first-order chi connectivity index (χ1) is 11.1. The Bertz CT molecular complexity index is 857. The predicted molar refractivity (Wildman–Crippen MR) is 79.3 cm³/mol. The summed E-state index contributed by atoms with van der Waals surface area (Å²) in [4.78, 5) is 12.3. The molecule has 0 radical (unpaired) electrons. The Morgan fingerprint density at radius 3 is 2.87 bits per heavy atom. The molecule has 0 aliphatic heterocycles. The maximum absolute atomic E-state index is 13.8. The van der Waals surface area contributed by atoms with E-state index >= 15 is 0 Å². The van der Waals surface area contributed by atoms with Crippen molar-refractivity contribution in [3.63, 3.8) is 0 Å². The lowest BCUT2D eigenvalue weighted by Crippen LogP contribution is -2.04. The van der Waals surface area contributed by atoms with Crippen molar-refractivity contribution in [2.24, 2.45) is 0 Å². The monoisotopic (exact) mass is 312 g/mol. The molecule has 0 saturated heterocycles. The summed E-state index contributed by atoms with van der Waals surface area (Å²) in [6, 6.07) is 1.53. The third kappa shape index (κ3) is 2.60. The van der Waals surface area contributed by atoms with Crippen LogP contribution in [0.2, 0.25) is 0 Å². The van der Waals surface area contributed by atoms with E-state index in [4.69, 9.17) is 0 Å². The standard InChI is InChI=1S/C14H13FN8/c1-14(3-4-14)11-19-13(23-21-11)20-12-18-10(7-17-22-12)8-2-5-16-6-9(8)15/h2,5-7H,3-4H2,1H3,(H2,18,19,20,21,22,23). The molecule has 3 aromatic rings. The minimum absolute atomic E-state index is 0.0913. The molecule has 0 atom stereocenters. The Morgan fingerprint density at radius 2 is 2.09 bits per heavy atom. The molecular formula is C14H13FN8. The number of anilines is 2. The van der Waals surface area contributed by atoms with E-state index in [-0.39, 0.29) is 11.4 Å². The van der Waals surface area contributed by atoms with Crippen molar-refractivity contribution in [1.29, 1.82) is 0 Å². The van der Waals surface area contributed by atoms with Gasteiger partial charge in [0.1, 0.15) is 5.82 Å². The molecule has 1 aliphatic carbocycles. The number of halogens is 1. The third-order valence-corrected chi connectivity index (χ3v) is 3.89. The zero-order valence-electron chi connectivity index (χ0n) is 12.3. The number of pyridine rings is 1. The van der Waals surface area contributed by atoms with Gasteiger partial charge in [0, 0.05) is 17.2 Å². The first-order valence-electron chi connectivity index (χ1n) is 7.14. The molecule has 3 heterocycles. The lowest BCUT2D eigenvalue weighted by molar-refractivity contribution is 0.624. The summed E-state index contributed by atoms with van der Waals surface area (Å²) in [5.41, 5.74) is 0.750. The van der Waals surface area contributed by atoms with Gasteiger partial charge >= 0.3 is 0 Å². The Balaban J connectivity index is 1.59. The molecule has 116 valence electrons. The highest BCUT2D eigenvalue weighted by Crippen LogP contribution is 2.45. The van der Waals surface area contributed by atoms with E-state index in [9.17, 15) is 4.39 Å². The van der Waals surface area contributed by atoms with E-state index in [1.807, 2.05) is 0 Å². The van der Waals surface area contributed by atoms with Gasteiger partial charge in [-0.2, -0.15) is 10.1 Å². The van der Waals surface area contributed by atoms with Crippen LogP contribution in [0.5, 0.6) is 0 Å². The number of rotatable bonds is 4. The van der Waals surface area contributed by atoms with Gasteiger partial charge in [-0.05, 0) is 18.9 Å². The van der Waals surface area contributed by atoms with Crippen LogP contribution >= 0.6 is 0 Å². The smallest absolute Gasteiger partial charge is 0.250 e.